The van der Waals surface area contributed by atoms with Gasteiger partial charge in [-0.15, -0.1) is 0 Å². The Morgan fingerprint density at radius 2 is 0.759 bits per heavy atom. The molecule has 0 radical (unpaired) electrons. The largest absolute Gasteiger partial charge is 0.462 e. The van der Waals surface area contributed by atoms with Gasteiger partial charge in [-0.2, -0.15) is 0 Å². The molecule has 0 aromatic heterocycles. The zero-order valence-corrected chi connectivity index (χ0v) is 36.7. The number of aliphatic hydroxyl groups is 1. The molecule has 0 rings (SSSR count). The molecule has 0 saturated heterocycles. The number of hydrogen-bond donors (Lipinski definition) is 1. The molecule has 0 heterocycles. The minimum absolute atomic E-state index is 0.106. The molecular weight excluding hydrogens is 717 g/mol. The zero-order valence-electron chi connectivity index (χ0n) is 36.7. The van der Waals surface area contributed by atoms with Crippen LogP contribution in [0.5, 0.6) is 0 Å². The molecule has 0 aliphatic heterocycles. The maximum Gasteiger partial charge on any atom is 0.306 e. The molecule has 324 valence electrons. The quantitative estimate of drug-likeness (QED) is 0.0381. The minimum atomic E-state index is -0.818. The average Bonchev–Trinajstić information content (AvgIpc) is 3.23. The van der Waals surface area contributed by atoms with Crippen molar-refractivity contribution >= 4 is 11.9 Å². The summed E-state index contributed by atoms with van der Waals surface area (Å²) in [6, 6.07) is 0. The summed E-state index contributed by atoms with van der Waals surface area (Å²) in [6.45, 7) is 3.92. The van der Waals surface area contributed by atoms with E-state index in [0.717, 1.165) is 103 Å². The number of ether oxygens (including phenoxy) is 2. The van der Waals surface area contributed by atoms with Crippen molar-refractivity contribution in [3.8, 4) is 0 Å². The Balaban J connectivity index is 3.75. The van der Waals surface area contributed by atoms with Crippen molar-refractivity contribution in [3.63, 3.8) is 0 Å². The number of esters is 2. The topological polar surface area (TPSA) is 72.8 Å². The first-order chi connectivity index (χ1) is 28.6. The molecule has 5 nitrogen and oxygen atoms in total. The summed E-state index contributed by atoms with van der Waals surface area (Å²) in [5.74, 6) is -0.691. The second kappa shape index (κ2) is 47.4. The van der Waals surface area contributed by atoms with Crippen molar-refractivity contribution in [2.45, 2.75) is 174 Å². The molecule has 0 aliphatic carbocycles. The second-order valence-electron chi connectivity index (χ2n) is 14.4. The Bertz CT molecular complexity index is 1270. The smallest absolute Gasteiger partial charge is 0.306 e. The third-order valence-electron chi connectivity index (χ3n) is 8.93. The number of hydrogen-bond acceptors (Lipinski definition) is 5. The van der Waals surface area contributed by atoms with Gasteiger partial charge in [0.15, 0.2) is 6.10 Å². The number of allylic oxidation sites excluding steroid dienone is 22. The van der Waals surface area contributed by atoms with Crippen molar-refractivity contribution in [2.75, 3.05) is 13.2 Å². The van der Waals surface area contributed by atoms with Gasteiger partial charge in [-0.1, -0.05) is 180 Å². The first kappa shape index (κ1) is 54.0. The summed E-state index contributed by atoms with van der Waals surface area (Å²) in [5, 5.41) is 9.58. The predicted octanol–water partition coefficient (Wildman–Crippen LogP) is 15.0. The lowest BCUT2D eigenvalue weighted by Gasteiger charge is -2.15. The summed E-state index contributed by atoms with van der Waals surface area (Å²) in [5.41, 5.74) is 0. The molecule has 0 saturated carbocycles. The number of rotatable bonds is 39. The highest BCUT2D eigenvalue weighted by Crippen LogP contribution is 2.10. The van der Waals surface area contributed by atoms with Crippen LogP contribution in [-0.2, 0) is 19.1 Å². The van der Waals surface area contributed by atoms with Gasteiger partial charge in [-0.25, -0.2) is 0 Å². The van der Waals surface area contributed by atoms with E-state index >= 15 is 0 Å². The Hall–Kier alpha value is -3.96. The fraction of sp³-hybridized carbons (Fsp3) is 0.547. The van der Waals surface area contributed by atoms with E-state index < -0.39 is 6.10 Å². The van der Waals surface area contributed by atoms with E-state index in [1.165, 1.54) is 32.1 Å². The molecule has 0 spiro atoms. The lowest BCUT2D eigenvalue weighted by molar-refractivity contribution is -0.161. The summed E-state index contributed by atoms with van der Waals surface area (Å²) in [7, 11) is 0. The van der Waals surface area contributed by atoms with E-state index in [9.17, 15) is 14.7 Å². The van der Waals surface area contributed by atoms with Gasteiger partial charge in [-0.3, -0.25) is 9.59 Å². The molecule has 0 fully saturated rings. The Labute approximate surface area is 355 Å². The van der Waals surface area contributed by atoms with E-state index in [4.69, 9.17) is 9.47 Å². The van der Waals surface area contributed by atoms with Crippen molar-refractivity contribution in [3.05, 3.63) is 134 Å². The zero-order chi connectivity index (χ0) is 42.1. The van der Waals surface area contributed by atoms with E-state index in [1.807, 2.05) is 0 Å². The van der Waals surface area contributed by atoms with Crippen molar-refractivity contribution in [1.29, 1.82) is 0 Å². The van der Waals surface area contributed by atoms with E-state index in [2.05, 4.69) is 148 Å². The van der Waals surface area contributed by atoms with Crippen molar-refractivity contribution < 1.29 is 24.2 Å². The van der Waals surface area contributed by atoms with Crippen LogP contribution in [0.1, 0.15) is 168 Å². The number of carbonyl (C=O) groups excluding carboxylic acids is 2. The van der Waals surface area contributed by atoms with Crippen LogP contribution in [0.4, 0.5) is 0 Å². The van der Waals surface area contributed by atoms with Crippen LogP contribution in [-0.4, -0.2) is 36.4 Å². The highest BCUT2D eigenvalue weighted by Gasteiger charge is 2.15. The third-order valence-corrected chi connectivity index (χ3v) is 8.93. The second-order valence-corrected chi connectivity index (χ2v) is 14.4. The molecular formula is C53H82O5. The maximum absolute atomic E-state index is 12.2. The van der Waals surface area contributed by atoms with Crippen molar-refractivity contribution in [1.82, 2.24) is 0 Å². The predicted molar refractivity (Wildman–Crippen MR) is 251 cm³/mol. The van der Waals surface area contributed by atoms with Gasteiger partial charge in [0.1, 0.15) is 6.61 Å². The molecule has 0 aromatic rings. The number of carbonyl (C=O) groups is 2. The lowest BCUT2D eigenvalue weighted by atomic mass is 10.1. The van der Waals surface area contributed by atoms with Gasteiger partial charge in [-0.05, 0) is 109 Å². The molecule has 1 N–H and O–H groups in total. The van der Waals surface area contributed by atoms with E-state index in [1.54, 1.807) is 0 Å². The van der Waals surface area contributed by atoms with Gasteiger partial charge < -0.3 is 14.6 Å². The molecule has 0 amide bonds. The van der Waals surface area contributed by atoms with Gasteiger partial charge >= 0.3 is 11.9 Å². The molecule has 0 aromatic carbocycles. The fourth-order valence-corrected chi connectivity index (χ4v) is 5.52. The van der Waals surface area contributed by atoms with Crippen LogP contribution >= 0.6 is 0 Å². The van der Waals surface area contributed by atoms with E-state index in [0.29, 0.717) is 12.8 Å². The highest BCUT2D eigenvalue weighted by atomic mass is 16.6. The van der Waals surface area contributed by atoms with Gasteiger partial charge in [0.05, 0.1) is 6.61 Å². The average molecular weight is 799 g/mol. The normalized spacial score (nSPS) is 13.5. The molecule has 1 atom stereocenters. The standard InChI is InChI=1S/C53H82O5/c1-3-5-7-9-11-13-15-17-19-20-21-22-23-24-25-26-27-28-29-30-31-32-34-36-38-40-42-44-46-48-53(56)58-51(49-54)50-57-52(55)47-45-43-41-39-37-35-33-18-16-14-12-10-8-6-4-2/h5,7,11-14,17-19,21-22,24-25,27-28,30-31,33-34,36,40,42,51,54H,3-4,6,8-10,15-16,20,23,26,29,32,35,37-39,41,43-50H2,1-2H3/b7-5-,13-11-,14-12-,19-17-,22-21-,25-24-,28-27-,31-30-,33-18-,36-34-,42-40-. The molecule has 58 heavy (non-hydrogen) atoms. The van der Waals surface area contributed by atoms with Crippen LogP contribution < -0.4 is 0 Å². The maximum atomic E-state index is 12.2. The van der Waals surface area contributed by atoms with Crippen LogP contribution in [0.2, 0.25) is 0 Å². The number of aliphatic hydroxyl groups excluding tert-OH is 1. The molecule has 0 bridgehead atoms. The summed E-state index contributed by atoms with van der Waals surface area (Å²) in [4.78, 5) is 24.3. The fourth-order valence-electron chi connectivity index (χ4n) is 5.52. The summed E-state index contributed by atoms with van der Waals surface area (Å²) < 4.78 is 10.6. The molecule has 0 aliphatic rings. The van der Waals surface area contributed by atoms with Crippen LogP contribution in [0, 0.1) is 0 Å². The number of unbranched alkanes of at least 4 members (excludes halogenated alkanes) is 9. The van der Waals surface area contributed by atoms with Gasteiger partial charge in [0.2, 0.25) is 0 Å². The first-order valence-electron chi connectivity index (χ1n) is 22.7. The Kier molecular flexibility index (Phi) is 44.2. The lowest BCUT2D eigenvalue weighted by Crippen LogP contribution is -2.28. The van der Waals surface area contributed by atoms with Crippen molar-refractivity contribution in [2.24, 2.45) is 0 Å². The molecule has 1 unspecified atom stereocenters. The van der Waals surface area contributed by atoms with Crippen LogP contribution in [0.25, 0.3) is 0 Å². The third kappa shape index (κ3) is 44.8. The summed E-state index contributed by atoms with van der Waals surface area (Å²) >= 11 is 0. The van der Waals surface area contributed by atoms with Gasteiger partial charge in [0, 0.05) is 12.8 Å². The van der Waals surface area contributed by atoms with E-state index in [-0.39, 0.29) is 31.6 Å². The molecule has 5 heteroatoms. The Morgan fingerprint density at radius 3 is 1.17 bits per heavy atom. The first-order valence-corrected chi connectivity index (χ1v) is 22.7. The van der Waals surface area contributed by atoms with Crippen LogP contribution in [0.15, 0.2) is 134 Å². The van der Waals surface area contributed by atoms with Gasteiger partial charge in [0.25, 0.3) is 0 Å². The highest BCUT2D eigenvalue weighted by molar-refractivity contribution is 5.70. The van der Waals surface area contributed by atoms with Crippen LogP contribution in [0.3, 0.4) is 0 Å². The monoisotopic (exact) mass is 799 g/mol. The Morgan fingerprint density at radius 1 is 0.414 bits per heavy atom. The summed E-state index contributed by atoms with van der Waals surface area (Å²) in [6.07, 6.45) is 71.0. The minimum Gasteiger partial charge on any atom is -0.462 e. The SMILES string of the molecule is CC/C=C\C/C=C\C/C=C\C/C=C\C/C=C\C/C=C\C/C=C\C/C=C\C/C=C\CCCC(=O)OC(CO)COC(=O)CCCCCCC/C=C\C/C=C\CCCCC.